The third-order valence-corrected chi connectivity index (χ3v) is 11.2. The fraction of sp³-hybridized carbons (Fsp3) is 0.528. The van der Waals surface area contributed by atoms with Gasteiger partial charge in [-0.25, -0.2) is 18.6 Å². The Hall–Kier alpha value is -5.12. The molecule has 20 heteroatoms. The molecule has 4 rings (SSSR count). The number of nitrogens with one attached hydrogen (secondary N) is 1. The Morgan fingerprint density at radius 3 is 2.30 bits per heavy atom. The average molecular weight is 802 g/mol. The van der Waals surface area contributed by atoms with Crippen molar-refractivity contribution in [3.8, 4) is 11.8 Å². The first-order valence-electron chi connectivity index (χ1n) is 17.6. The number of anilines is 1. The van der Waals surface area contributed by atoms with Gasteiger partial charge in [-0.1, -0.05) is 12.1 Å². The number of carboxylic acids is 1. The van der Waals surface area contributed by atoms with E-state index in [1.807, 2.05) is 0 Å². The third-order valence-electron chi connectivity index (χ3n) is 9.58. The van der Waals surface area contributed by atoms with Crippen molar-refractivity contribution >= 4 is 43.0 Å². The highest BCUT2D eigenvalue weighted by Crippen LogP contribution is 2.57. The molecule has 6 N–H and O–H groups in total. The van der Waals surface area contributed by atoms with Crippen molar-refractivity contribution in [2.75, 3.05) is 19.6 Å². The smallest absolute Gasteiger partial charge is 0.462 e. The Labute approximate surface area is 323 Å². The normalized spacial score (nSPS) is 20.7. The van der Waals surface area contributed by atoms with Crippen molar-refractivity contribution < 1.29 is 56.8 Å². The molecule has 304 valence electrons. The molecule has 0 radical (unpaired) electrons. The topological polar surface area (TPSA) is 279 Å². The molecule has 0 amide bonds. The van der Waals surface area contributed by atoms with E-state index in [1.165, 1.54) is 57.6 Å². The van der Waals surface area contributed by atoms with Gasteiger partial charge in [0.1, 0.15) is 41.9 Å². The van der Waals surface area contributed by atoms with Crippen LogP contribution in [0.5, 0.6) is 5.75 Å². The van der Waals surface area contributed by atoms with E-state index >= 15 is 0 Å². The number of aromatic nitrogens is 3. The van der Waals surface area contributed by atoms with Gasteiger partial charge < -0.3 is 40.0 Å². The standard InChI is InChI=1S/C36H48N7O12P/c1-19(2)53-32(45)23(38)15-21-9-11-22(12-10-21)55-56(49,42-20(3)31(44)50-8)52-18-51-34(48)36(6,7)27-26(16-37)54-29(28(27)35(4,5)33(46)47)24-13-14-25-30(39)40-17-41-43(24)25/h9-14,17,19-20,23,26-29H,15,18,38H2,1-8H3,(H,42,49)(H,46,47)(H2,39,40,41)/t20-,23-,26?,27?,28?,29?,56?/m0/s1. The van der Waals surface area contributed by atoms with E-state index < -0.39 is 85.4 Å². The van der Waals surface area contributed by atoms with E-state index in [9.17, 15) is 34.1 Å². The van der Waals surface area contributed by atoms with Gasteiger partial charge in [0, 0.05) is 11.8 Å². The van der Waals surface area contributed by atoms with E-state index in [0.29, 0.717) is 16.8 Å². The van der Waals surface area contributed by atoms with E-state index in [0.717, 1.165) is 7.11 Å². The number of nitrogens with two attached hydrogens (primary N) is 2. The quantitative estimate of drug-likeness (QED) is 0.0659. The number of nitriles is 1. The Morgan fingerprint density at radius 1 is 1.05 bits per heavy atom. The summed E-state index contributed by atoms with van der Waals surface area (Å²) in [5, 5.41) is 27.4. The lowest BCUT2D eigenvalue weighted by molar-refractivity contribution is -0.169. The Morgan fingerprint density at radius 2 is 1.71 bits per heavy atom. The zero-order valence-electron chi connectivity index (χ0n) is 32.3. The van der Waals surface area contributed by atoms with Crippen molar-refractivity contribution in [1.82, 2.24) is 19.7 Å². The number of esters is 3. The van der Waals surface area contributed by atoms with Crippen LogP contribution in [0, 0.1) is 34.0 Å². The average Bonchev–Trinajstić information content (AvgIpc) is 3.75. The van der Waals surface area contributed by atoms with Crippen LogP contribution in [0.1, 0.15) is 65.8 Å². The lowest BCUT2D eigenvalue weighted by atomic mass is 9.60. The molecule has 3 heterocycles. The summed E-state index contributed by atoms with van der Waals surface area (Å²) in [5.41, 5.74) is 10.3. The van der Waals surface area contributed by atoms with Gasteiger partial charge in [-0.3, -0.25) is 19.2 Å². The van der Waals surface area contributed by atoms with Gasteiger partial charge in [0.25, 0.3) is 0 Å². The lowest BCUT2D eigenvalue weighted by Gasteiger charge is -2.40. The van der Waals surface area contributed by atoms with Crippen LogP contribution in [0.4, 0.5) is 5.82 Å². The van der Waals surface area contributed by atoms with E-state index in [-0.39, 0.29) is 24.1 Å². The molecule has 1 saturated heterocycles. The maximum Gasteiger partial charge on any atom is 0.462 e. The number of carbonyl (C=O) groups is 4. The van der Waals surface area contributed by atoms with Crippen molar-refractivity contribution in [3.05, 3.63) is 54.0 Å². The van der Waals surface area contributed by atoms with Crippen LogP contribution in [-0.2, 0) is 53.6 Å². The second-order valence-corrected chi connectivity index (χ2v) is 16.4. The van der Waals surface area contributed by atoms with Gasteiger partial charge in [0.05, 0.1) is 35.8 Å². The molecule has 1 aliphatic heterocycles. The summed E-state index contributed by atoms with van der Waals surface area (Å²) in [6.07, 6.45) is -1.33. The first-order valence-corrected chi connectivity index (χ1v) is 19.1. The highest BCUT2D eigenvalue weighted by molar-refractivity contribution is 7.52. The minimum atomic E-state index is -4.52. The van der Waals surface area contributed by atoms with Crippen LogP contribution in [-0.4, -0.2) is 81.8 Å². The van der Waals surface area contributed by atoms with Gasteiger partial charge in [0.15, 0.2) is 5.82 Å². The second kappa shape index (κ2) is 17.3. The first-order chi connectivity index (χ1) is 26.2. The maximum absolute atomic E-state index is 14.0. The highest BCUT2D eigenvalue weighted by Gasteiger charge is 2.62. The predicted octanol–water partition coefficient (Wildman–Crippen LogP) is 3.32. The monoisotopic (exact) mass is 801 g/mol. The Kier molecular flexibility index (Phi) is 13.5. The summed E-state index contributed by atoms with van der Waals surface area (Å²) in [6.45, 7) is 9.67. The molecule has 5 unspecified atom stereocenters. The van der Waals surface area contributed by atoms with E-state index in [2.05, 4.69) is 21.2 Å². The number of carboxylic acid groups (broad SMARTS) is 1. The predicted molar refractivity (Wildman–Crippen MR) is 197 cm³/mol. The number of hydrogen-bond acceptors (Lipinski definition) is 16. The molecule has 0 aliphatic carbocycles. The SMILES string of the molecule is COC(=O)[C@H](C)NP(=O)(OCOC(=O)C(C)(C)C1C(C#N)OC(c2ccc3c(N)ncnn23)C1C(C)(C)C(=O)O)Oc1ccc(C[C@H](N)C(=O)OC(C)C)cc1. The van der Waals surface area contributed by atoms with E-state index in [1.54, 1.807) is 38.1 Å². The summed E-state index contributed by atoms with van der Waals surface area (Å²) < 4.78 is 48.2. The van der Waals surface area contributed by atoms with Crippen LogP contribution in [0.3, 0.4) is 0 Å². The molecule has 0 spiro atoms. The number of benzene rings is 1. The number of ether oxygens (including phenoxy) is 4. The Balaban J connectivity index is 1.57. The van der Waals surface area contributed by atoms with Gasteiger partial charge in [-0.15, -0.1) is 0 Å². The lowest BCUT2D eigenvalue weighted by Crippen LogP contribution is -2.48. The zero-order valence-corrected chi connectivity index (χ0v) is 33.2. The van der Waals surface area contributed by atoms with Crippen LogP contribution in [0.2, 0.25) is 0 Å². The highest BCUT2D eigenvalue weighted by atomic mass is 31.2. The van der Waals surface area contributed by atoms with Gasteiger partial charge in [0.2, 0.25) is 6.79 Å². The van der Waals surface area contributed by atoms with E-state index in [4.69, 9.17) is 39.5 Å². The number of aliphatic carboxylic acids is 1. The fourth-order valence-electron chi connectivity index (χ4n) is 6.56. The number of rotatable bonds is 17. The molecule has 1 aliphatic rings. The molecule has 7 atom stereocenters. The molecular formula is C36H48N7O12P. The maximum atomic E-state index is 14.0. The van der Waals surface area contributed by atoms with Crippen molar-refractivity contribution in [2.24, 2.45) is 28.4 Å². The second-order valence-electron chi connectivity index (χ2n) is 14.7. The van der Waals surface area contributed by atoms with Crippen molar-refractivity contribution in [2.45, 2.75) is 85.3 Å². The number of methoxy groups -OCH3 is 1. The molecule has 3 aromatic rings. The molecule has 56 heavy (non-hydrogen) atoms. The largest absolute Gasteiger partial charge is 0.481 e. The molecule has 19 nitrogen and oxygen atoms in total. The number of carbonyl (C=O) groups excluding carboxylic acids is 3. The molecule has 0 bridgehead atoms. The molecule has 2 aromatic heterocycles. The number of nitrogen functional groups attached to an aromatic ring is 1. The molecule has 0 saturated carbocycles. The zero-order chi connectivity index (χ0) is 41.7. The van der Waals surface area contributed by atoms with Crippen molar-refractivity contribution in [3.63, 3.8) is 0 Å². The summed E-state index contributed by atoms with van der Waals surface area (Å²) in [6, 6.07) is 9.21. The molecular weight excluding hydrogens is 753 g/mol. The van der Waals surface area contributed by atoms with Crippen LogP contribution >= 0.6 is 7.75 Å². The van der Waals surface area contributed by atoms with Gasteiger partial charge in [-0.05, 0) is 84.7 Å². The van der Waals surface area contributed by atoms with Crippen molar-refractivity contribution in [1.29, 1.82) is 5.26 Å². The van der Waals surface area contributed by atoms with Gasteiger partial charge >= 0.3 is 31.6 Å². The minimum Gasteiger partial charge on any atom is -0.481 e. The van der Waals surface area contributed by atoms with Gasteiger partial charge in [-0.2, -0.15) is 15.4 Å². The molecule has 1 aromatic carbocycles. The third kappa shape index (κ3) is 9.45. The molecule has 1 fully saturated rings. The summed E-state index contributed by atoms with van der Waals surface area (Å²) in [4.78, 5) is 55.1. The number of fused-ring (bicyclic) bond motifs is 1. The van der Waals surface area contributed by atoms with Crippen LogP contribution in [0.25, 0.3) is 5.52 Å². The Bertz CT molecular complexity index is 2010. The minimum absolute atomic E-state index is 0.0151. The first kappa shape index (κ1) is 43.6. The fourth-order valence-corrected chi connectivity index (χ4v) is 7.91. The summed E-state index contributed by atoms with van der Waals surface area (Å²) in [7, 11) is -3.39. The number of hydrogen-bond donors (Lipinski definition) is 4. The summed E-state index contributed by atoms with van der Waals surface area (Å²) in [5.74, 6) is -5.46. The number of nitrogens with zero attached hydrogens (tertiary/aromatic N) is 4. The van der Waals surface area contributed by atoms with Crippen LogP contribution < -0.4 is 21.1 Å². The summed E-state index contributed by atoms with van der Waals surface area (Å²) >= 11 is 0. The van der Waals surface area contributed by atoms with Crippen LogP contribution in [0.15, 0.2) is 42.7 Å².